The van der Waals surface area contributed by atoms with E-state index in [1.54, 1.807) is 0 Å². The molecule has 0 saturated carbocycles. The molecule has 0 heterocycles. The highest BCUT2D eigenvalue weighted by molar-refractivity contribution is 4.93. The minimum absolute atomic E-state index is 0.0694. The van der Waals surface area contributed by atoms with Crippen LogP contribution in [-0.4, -0.2) is 18.2 Å². The Bertz CT molecular complexity index is 141. The number of nitrogens with two attached hydrogens (primary N) is 1. The lowest BCUT2D eigenvalue weighted by Gasteiger charge is -2.36. The first-order valence-electron chi connectivity index (χ1n) is 5.17. The van der Waals surface area contributed by atoms with Gasteiger partial charge in [-0.1, -0.05) is 19.9 Å². The summed E-state index contributed by atoms with van der Waals surface area (Å²) in [7, 11) is 0. The first kappa shape index (κ1) is 12.7. The smallest absolute Gasteiger partial charge is 0.0830 e. The molecular weight excluding hydrogens is 162 g/mol. The quantitative estimate of drug-likeness (QED) is 0.618. The highest BCUT2D eigenvalue weighted by atomic mass is 16.5. The van der Waals surface area contributed by atoms with Crippen LogP contribution in [0.5, 0.6) is 0 Å². The van der Waals surface area contributed by atoms with Crippen molar-refractivity contribution in [1.29, 1.82) is 0 Å². The maximum Gasteiger partial charge on any atom is 0.0830 e. The Morgan fingerprint density at radius 2 is 1.92 bits per heavy atom. The van der Waals surface area contributed by atoms with Crippen molar-refractivity contribution in [2.24, 2.45) is 5.73 Å². The van der Waals surface area contributed by atoms with Crippen molar-refractivity contribution < 1.29 is 4.74 Å². The number of rotatable bonds is 7. The number of hydrogen-bond donors (Lipinski definition) is 1. The van der Waals surface area contributed by atoms with Gasteiger partial charge in [0.05, 0.1) is 5.60 Å². The molecule has 0 aliphatic carbocycles. The molecule has 0 spiro atoms. The van der Waals surface area contributed by atoms with Crippen molar-refractivity contribution in [3.63, 3.8) is 0 Å². The minimum Gasteiger partial charge on any atom is -0.374 e. The van der Waals surface area contributed by atoms with Gasteiger partial charge in [0.25, 0.3) is 0 Å². The fourth-order valence-corrected chi connectivity index (χ4v) is 1.77. The van der Waals surface area contributed by atoms with Crippen LogP contribution in [0.1, 0.15) is 40.0 Å². The Balaban J connectivity index is 4.42. The van der Waals surface area contributed by atoms with Gasteiger partial charge in [-0.3, -0.25) is 0 Å². The molecular formula is C11H23NO. The van der Waals surface area contributed by atoms with E-state index in [1.807, 2.05) is 13.0 Å². The molecule has 1 atom stereocenters. The van der Waals surface area contributed by atoms with E-state index in [2.05, 4.69) is 20.4 Å². The molecule has 0 aromatic carbocycles. The average Bonchev–Trinajstić information content (AvgIpc) is 2.14. The number of hydrogen-bond acceptors (Lipinski definition) is 2. The molecule has 2 nitrogen and oxygen atoms in total. The summed E-state index contributed by atoms with van der Waals surface area (Å²) in [6.07, 6.45) is 4.62. The fraction of sp³-hybridized carbons (Fsp3) is 0.818. The summed E-state index contributed by atoms with van der Waals surface area (Å²) in [5, 5.41) is 0. The maximum atomic E-state index is 6.07. The predicted octanol–water partition coefficient (Wildman–Crippen LogP) is 2.49. The molecule has 0 aromatic heterocycles. The van der Waals surface area contributed by atoms with Gasteiger partial charge in [0.15, 0.2) is 0 Å². The third-order valence-corrected chi connectivity index (χ3v) is 2.73. The van der Waals surface area contributed by atoms with Gasteiger partial charge in [-0.05, 0) is 26.2 Å². The van der Waals surface area contributed by atoms with E-state index in [9.17, 15) is 0 Å². The second kappa shape index (κ2) is 6.17. The minimum atomic E-state index is -0.150. The molecule has 2 N–H and O–H groups in total. The van der Waals surface area contributed by atoms with Crippen LogP contribution in [-0.2, 0) is 4.74 Å². The van der Waals surface area contributed by atoms with E-state index < -0.39 is 0 Å². The molecule has 0 amide bonds. The van der Waals surface area contributed by atoms with Gasteiger partial charge in [-0.25, -0.2) is 0 Å². The van der Waals surface area contributed by atoms with Crippen LogP contribution in [0.3, 0.4) is 0 Å². The highest BCUT2D eigenvalue weighted by Gasteiger charge is 2.32. The summed E-state index contributed by atoms with van der Waals surface area (Å²) in [6.45, 7) is 10.7. The van der Waals surface area contributed by atoms with Crippen LogP contribution in [0, 0.1) is 0 Å². The Kier molecular flexibility index (Phi) is 6.00. The van der Waals surface area contributed by atoms with E-state index in [0.29, 0.717) is 0 Å². The van der Waals surface area contributed by atoms with Gasteiger partial charge in [-0.15, -0.1) is 6.58 Å². The second-order valence-corrected chi connectivity index (χ2v) is 3.34. The Morgan fingerprint density at radius 3 is 2.23 bits per heavy atom. The molecule has 13 heavy (non-hydrogen) atoms. The first-order valence-corrected chi connectivity index (χ1v) is 5.17. The molecule has 78 valence electrons. The Hall–Kier alpha value is -0.340. The van der Waals surface area contributed by atoms with Gasteiger partial charge in [0, 0.05) is 12.6 Å². The zero-order valence-electron chi connectivity index (χ0n) is 9.18. The molecule has 0 saturated heterocycles. The van der Waals surface area contributed by atoms with Crippen molar-refractivity contribution in [3.05, 3.63) is 12.7 Å². The van der Waals surface area contributed by atoms with Gasteiger partial charge in [0.2, 0.25) is 0 Å². The molecule has 0 fully saturated rings. The lowest BCUT2D eigenvalue weighted by molar-refractivity contribution is -0.0628. The van der Waals surface area contributed by atoms with E-state index in [4.69, 9.17) is 10.5 Å². The van der Waals surface area contributed by atoms with Gasteiger partial charge >= 0.3 is 0 Å². The molecule has 2 heteroatoms. The van der Waals surface area contributed by atoms with Gasteiger partial charge in [0.1, 0.15) is 0 Å². The molecule has 0 rings (SSSR count). The SMILES string of the molecule is C=CCC(N)C(CC)(CC)OCC. The standard InChI is InChI=1S/C11H23NO/c1-5-9-10(12)11(6-2,7-3)13-8-4/h5,10H,1,6-9,12H2,2-4H3. The van der Waals surface area contributed by atoms with Crippen LogP contribution in [0.25, 0.3) is 0 Å². The van der Waals surface area contributed by atoms with E-state index in [0.717, 1.165) is 25.9 Å². The third kappa shape index (κ3) is 3.12. The van der Waals surface area contributed by atoms with Crippen molar-refractivity contribution in [1.82, 2.24) is 0 Å². The van der Waals surface area contributed by atoms with Gasteiger partial charge in [-0.2, -0.15) is 0 Å². The second-order valence-electron chi connectivity index (χ2n) is 3.34. The summed E-state index contributed by atoms with van der Waals surface area (Å²) < 4.78 is 5.77. The van der Waals surface area contributed by atoms with Crippen LogP contribution in [0.4, 0.5) is 0 Å². The van der Waals surface area contributed by atoms with Crippen molar-refractivity contribution in [3.8, 4) is 0 Å². The molecule has 0 bridgehead atoms. The molecule has 1 unspecified atom stereocenters. The fourth-order valence-electron chi connectivity index (χ4n) is 1.77. The summed E-state index contributed by atoms with van der Waals surface area (Å²) >= 11 is 0. The van der Waals surface area contributed by atoms with Crippen LogP contribution in [0.15, 0.2) is 12.7 Å². The van der Waals surface area contributed by atoms with Crippen molar-refractivity contribution >= 4 is 0 Å². The summed E-state index contributed by atoms with van der Waals surface area (Å²) in [4.78, 5) is 0. The topological polar surface area (TPSA) is 35.2 Å². The summed E-state index contributed by atoms with van der Waals surface area (Å²) in [5.41, 5.74) is 5.92. The van der Waals surface area contributed by atoms with E-state index >= 15 is 0 Å². The average molecular weight is 185 g/mol. The zero-order valence-corrected chi connectivity index (χ0v) is 9.18. The Morgan fingerprint density at radius 1 is 1.38 bits per heavy atom. The number of ether oxygens (including phenoxy) is 1. The predicted molar refractivity (Wildman–Crippen MR) is 57.7 cm³/mol. The normalized spacial score (nSPS) is 14.2. The zero-order chi connectivity index (χ0) is 10.3. The van der Waals surface area contributed by atoms with Crippen LogP contribution in [0.2, 0.25) is 0 Å². The molecule has 0 radical (unpaired) electrons. The molecule has 0 aromatic rings. The summed E-state index contributed by atoms with van der Waals surface area (Å²) in [6, 6.07) is 0.0694. The lowest BCUT2D eigenvalue weighted by atomic mass is 9.87. The van der Waals surface area contributed by atoms with Gasteiger partial charge < -0.3 is 10.5 Å². The molecule has 0 aliphatic heterocycles. The third-order valence-electron chi connectivity index (χ3n) is 2.73. The maximum absolute atomic E-state index is 6.07. The summed E-state index contributed by atoms with van der Waals surface area (Å²) in [5.74, 6) is 0. The first-order chi connectivity index (χ1) is 6.16. The highest BCUT2D eigenvalue weighted by Crippen LogP contribution is 2.25. The monoisotopic (exact) mass is 185 g/mol. The van der Waals surface area contributed by atoms with Crippen LogP contribution >= 0.6 is 0 Å². The lowest BCUT2D eigenvalue weighted by Crippen LogP contribution is -2.49. The Labute approximate surface area is 82.2 Å². The molecule has 0 aliphatic rings. The van der Waals surface area contributed by atoms with Crippen molar-refractivity contribution in [2.45, 2.75) is 51.7 Å². The van der Waals surface area contributed by atoms with E-state index in [1.165, 1.54) is 0 Å². The van der Waals surface area contributed by atoms with Crippen LogP contribution < -0.4 is 5.73 Å². The largest absolute Gasteiger partial charge is 0.374 e. The van der Waals surface area contributed by atoms with Crippen molar-refractivity contribution in [2.75, 3.05) is 6.61 Å². The van der Waals surface area contributed by atoms with E-state index in [-0.39, 0.29) is 11.6 Å².